The van der Waals surface area contributed by atoms with E-state index in [-0.39, 0.29) is 5.92 Å². The number of halogens is 3. The summed E-state index contributed by atoms with van der Waals surface area (Å²) >= 11 is 0. The van der Waals surface area contributed by atoms with Gasteiger partial charge in [-0.05, 0) is 42.2 Å². The minimum atomic E-state index is -4.33. The van der Waals surface area contributed by atoms with Crippen LogP contribution in [0.1, 0.15) is 55.1 Å². The quantitative estimate of drug-likeness (QED) is 0.797. The SMILES string of the molecule is CC(C)c1cc(CC(C)c2cc(C(F)(F)F)ccn2)ccn1. The maximum absolute atomic E-state index is 12.8. The van der Waals surface area contributed by atoms with E-state index in [1.165, 1.54) is 6.20 Å². The summed E-state index contributed by atoms with van der Waals surface area (Å²) in [7, 11) is 0. The summed E-state index contributed by atoms with van der Waals surface area (Å²) in [5.41, 5.74) is 1.85. The van der Waals surface area contributed by atoms with Gasteiger partial charge in [-0.2, -0.15) is 13.2 Å². The van der Waals surface area contributed by atoms with E-state index < -0.39 is 11.7 Å². The molecule has 2 aromatic heterocycles. The van der Waals surface area contributed by atoms with E-state index in [4.69, 9.17) is 0 Å². The first-order valence-corrected chi connectivity index (χ1v) is 7.25. The number of rotatable bonds is 4. The summed E-state index contributed by atoms with van der Waals surface area (Å²) < 4.78 is 38.3. The van der Waals surface area contributed by atoms with E-state index in [0.29, 0.717) is 18.0 Å². The Bertz CT molecular complexity index is 636. The summed E-state index contributed by atoms with van der Waals surface area (Å²) in [6, 6.07) is 6.04. The minimum Gasteiger partial charge on any atom is -0.261 e. The standard InChI is InChI=1S/C17H19F3N2/c1-11(2)15-9-13(4-6-21-15)8-12(3)16-10-14(5-7-22-16)17(18,19)20/h4-7,9-12H,8H2,1-3H3. The van der Waals surface area contributed by atoms with Gasteiger partial charge in [0.15, 0.2) is 0 Å². The molecule has 0 radical (unpaired) electrons. The molecule has 2 nitrogen and oxygen atoms in total. The maximum atomic E-state index is 12.8. The average Bonchev–Trinajstić information content (AvgIpc) is 2.46. The van der Waals surface area contributed by atoms with Crippen LogP contribution in [-0.4, -0.2) is 9.97 Å². The van der Waals surface area contributed by atoms with E-state index in [1.54, 1.807) is 6.20 Å². The molecule has 1 unspecified atom stereocenters. The maximum Gasteiger partial charge on any atom is 0.416 e. The Hall–Kier alpha value is -1.91. The molecule has 118 valence electrons. The van der Waals surface area contributed by atoms with Gasteiger partial charge in [-0.15, -0.1) is 0 Å². The average molecular weight is 308 g/mol. The van der Waals surface area contributed by atoms with Gasteiger partial charge in [-0.1, -0.05) is 20.8 Å². The molecule has 22 heavy (non-hydrogen) atoms. The number of pyridine rings is 2. The molecule has 0 spiro atoms. The van der Waals surface area contributed by atoms with Crippen molar-refractivity contribution in [3.8, 4) is 0 Å². The summed E-state index contributed by atoms with van der Waals surface area (Å²) in [5, 5.41) is 0. The Morgan fingerprint density at radius 2 is 1.59 bits per heavy atom. The van der Waals surface area contributed by atoms with E-state index in [2.05, 4.69) is 23.8 Å². The highest BCUT2D eigenvalue weighted by Crippen LogP contribution is 2.31. The number of aromatic nitrogens is 2. The predicted molar refractivity (Wildman–Crippen MR) is 79.7 cm³/mol. The molecular weight excluding hydrogens is 289 g/mol. The first-order chi connectivity index (χ1) is 10.3. The Labute approximate surface area is 128 Å². The lowest BCUT2D eigenvalue weighted by Crippen LogP contribution is -2.08. The Morgan fingerprint density at radius 3 is 2.23 bits per heavy atom. The molecule has 0 aliphatic rings. The largest absolute Gasteiger partial charge is 0.416 e. The van der Waals surface area contributed by atoms with E-state index in [9.17, 15) is 13.2 Å². The van der Waals surface area contributed by atoms with Crippen molar-refractivity contribution < 1.29 is 13.2 Å². The van der Waals surface area contributed by atoms with Crippen molar-refractivity contribution in [2.24, 2.45) is 0 Å². The van der Waals surface area contributed by atoms with Gasteiger partial charge in [0.2, 0.25) is 0 Å². The van der Waals surface area contributed by atoms with Crippen molar-refractivity contribution in [3.63, 3.8) is 0 Å². The molecule has 5 heteroatoms. The molecule has 2 rings (SSSR count). The second kappa shape index (κ2) is 6.46. The summed E-state index contributed by atoms with van der Waals surface area (Å²) in [4.78, 5) is 8.39. The highest BCUT2D eigenvalue weighted by molar-refractivity contribution is 5.25. The van der Waals surface area contributed by atoms with Crippen molar-refractivity contribution in [2.45, 2.75) is 45.2 Å². The van der Waals surface area contributed by atoms with Crippen LogP contribution >= 0.6 is 0 Å². The van der Waals surface area contributed by atoms with Crippen LogP contribution in [0.5, 0.6) is 0 Å². The predicted octanol–water partition coefficient (Wildman–Crippen LogP) is 4.97. The second-order valence-corrected chi connectivity index (χ2v) is 5.82. The summed E-state index contributed by atoms with van der Waals surface area (Å²) in [6.45, 7) is 6.01. The molecule has 0 saturated heterocycles. The zero-order valence-electron chi connectivity index (χ0n) is 12.9. The molecule has 0 fully saturated rings. The molecular formula is C17H19F3N2. The first-order valence-electron chi connectivity index (χ1n) is 7.25. The fourth-order valence-corrected chi connectivity index (χ4v) is 2.29. The van der Waals surface area contributed by atoms with Gasteiger partial charge in [-0.25, -0.2) is 0 Å². The summed E-state index contributed by atoms with van der Waals surface area (Å²) in [5.74, 6) is 0.228. The first kappa shape index (κ1) is 16.5. The van der Waals surface area contributed by atoms with Crippen molar-refractivity contribution >= 4 is 0 Å². The highest BCUT2D eigenvalue weighted by Gasteiger charge is 2.31. The monoisotopic (exact) mass is 308 g/mol. The van der Waals surface area contributed by atoms with E-state index in [1.807, 2.05) is 19.1 Å². The summed E-state index contributed by atoms with van der Waals surface area (Å²) in [6.07, 6.45) is -0.729. The Morgan fingerprint density at radius 1 is 0.955 bits per heavy atom. The number of alkyl halides is 3. The minimum absolute atomic E-state index is 0.0929. The number of hydrogen-bond acceptors (Lipinski definition) is 2. The molecule has 0 N–H and O–H groups in total. The van der Waals surface area contributed by atoms with Crippen LogP contribution in [-0.2, 0) is 12.6 Å². The van der Waals surface area contributed by atoms with Gasteiger partial charge in [0.25, 0.3) is 0 Å². The fourth-order valence-electron chi connectivity index (χ4n) is 2.29. The molecule has 0 amide bonds. The third kappa shape index (κ3) is 4.06. The lowest BCUT2D eigenvalue weighted by Gasteiger charge is -2.14. The van der Waals surface area contributed by atoms with Crippen LogP contribution in [0, 0.1) is 0 Å². The number of hydrogen-bond donors (Lipinski definition) is 0. The zero-order valence-corrected chi connectivity index (χ0v) is 12.9. The van der Waals surface area contributed by atoms with Crippen molar-refractivity contribution in [1.82, 2.24) is 9.97 Å². The zero-order chi connectivity index (χ0) is 16.3. The number of nitrogens with zero attached hydrogens (tertiary/aromatic N) is 2. The van der Waals surface area contributed by atoms with Crippen LogP contribution in [0.3, 0.4) is 0 Å². The van der Waals surface area contributed by atoms with Gasteiger partial charge >= 0.3 is 6.18 Å². The van der Waals surface area contributed by atoms with Crippen LogP contribution in [0.2, 0.25) is 0 Å². The molecule has 1 atom stereocenters. The molecule has 0 aromatic carbocycles. The Kier molecular flexibility index (Phi) is 4.84. The van der Waals surface area contributed by atoms with Crippen LogP contribution in [0.15, 0.2) is 36.7 Å². The second-order valence-electron chi connectivity index (χ2n) is 5.82. The highest BCUT2D eigenvalue weighted by atomic mass is 19.4. The lowest BCUT2D eigenvalue weighted by atomic mass is 9.96. The van der Waals surface area contributed by atoms with E-state index >= 15 is 0 Å². The van der Waals surface area contributed by atoms with Crippen LogP contribution in [0.4, 0.5) is 13.2 Å². The molecule has 2 aromatic rings. The van der Waals surface area contributed by atoms with Crippen molar-refractivity contribution in [1.29, 1.82) is 0 Å². The Balaban J connectivity index is 2.19. The smallest absolute Gasteiger partial charge is 0.261 e. The molecule has 0 aliphatic heterocycles. The van der Waals surface area contributed by atoms with Gasteiger partial charge in [0.05, 0.1) is 5.56 Å². The van der Waals surface area contributed by atoms with Crippen LogP contribution in [0.25, 0.3) is 0 Å². The molecule has 2 heterocycles. The van der Waals surface area contributed by atoms with Crippen LogP contribution < -0.4 is 0 Å². The normalized spacial score (nSPS) is 13.4. The van der Waals surface area contributed by atoms with E-state index in [0.717, 1.165) is 23.4 Å². The molecule has 0 saturated carbocycles. The third-order valence-electron chi connectivity index (χ3n) is 3.59. The van der Waals surface area contributed by atoms with Crippen molar-refractivity contribution in [3.05, 3.63) is 59.2 Å². The topological polar surface area (TPSA) is 25.8 Å². The molecule has 0 aliphatic carbocycles. The fraction of sp³-hybridized carbons (Fsp3) is 0.412. The third-order valence-corrected chi connectivity index (χ3v) is 3.59. The van der Waals surface area contributed by atoms with Gasteiger partial charge < -0.3 is 0 Å². The van der Waals surface area contributed by atoms with Gasteiger partial charge in [0, 0.05) is 29.7 Å². The lowest BCUT2D eigenvalue weighted by molar-refractivity contribution is -0.137. The van der Waals surface area contributed by atoms with Gasteiger partial charge in [-0.3, -0.25) is 9.97 Å². The molecule has 0 bridgehead atoms. The van der Waals surface area contributed by atoms with Crippen molar-refractivity contribution in [2.75, 3.05) is 0 Å². The van der Waals surface area contributed by atoms with Gasteiger partial charge in [0.1, 0.15) is 0 Å².